The molecule has 1 unspecified atom stereocenters. The first-order chi connectivity index (χ1) is 10.0. The number of hydrogen-bond acceptors (Lipinski definition) is 3. The second-order valence-electron chi connectivity index (χ2n) is 5.90. The number of carbonyl (C=O) groups is 1. The molecule has 1 aliphatic heterocycles. The highest BCUT2D eigenvalue weighted by Crippen LogP contribution is 2.13. The van der Waals surface area contributed by atoms with Crippen LogP contribution in [0, 0.1) is 18.7 Å². The van der Waals surface area contributed by atoms with Crippen LogP contribution in [-0.2, 0) is 0 Å². The van der Waals surface area contributed by atoms with Crippen LogP contribution in [0.15, 0.2) is 18.2 Å². The van der Waals surface area contributed by atoms with Crippen molar-refractivity contribution in [3.05, 3.63) is 35.1 Å². The molecule has 1 amide bonds. The third kappa shape index (κ3) is 4.02. The first kappa shape index (κ1) is 15.9. The summed E-state index contributed by atoms with van der Waals surface area (Å²) in [4.78, 5) is 16.6. The van der Waals surface area contributed by atoms with Gasteiger partial charge in [0.15, 0.2) is 0 Å². The minimum absolute atomic E-state index is 0.00961. The van der Waals surface area contributed by atoms with E-state index in [1.807, 2.05) is 4.90 Å². The standard InChI is InChI=1S/C16H24FN3O/c1-12(10-18)11-19-5-7-20(8-6-19)16(21)14-3-4-15(17)13(2)9-14/h3-4,9,12H,5-8,10-11,18H2,1-2H3. The minimum atomic E-state index is -0.271. The van der Waals surface area contributed by atoms with Crippen LogP contribution in [0.2, 0.25) is 0 Å². The zero-order valence-electron chi connectivity index (χ0n) is 12.8. The summed E-state index contributed by atoms with van der Waals surface area (Å²) < 4.78 is 13.3. The third-order valence-corrected chi connectivity index (χ3v) is 4.04. The van der Waals surface area contributed by atoms with E-state index in [9.17, 15) is 9.18 Å². The van der Waals surface area contributed by atoms with Gasteiger partial charge in [-0.15, -0.1) is 0 Å². The van der Waals surface area contributed by atoms with Gasteiger partial charge >= 0.3 is 0 Å². The molecule has 1 saturated heterocycles. The van der Waals surface area contributed by atoms with Gasteiger partial charge < -0.3 is 10.6 Å². The number of aryl methyl sites for hydroxylation is 1. The lowest BCUT2D eigenvalue weighted by Crippen LogP contribution is -2.50. The van der Waals surface area contributed by atoms with E-state index in [0.717, 1.165) is 19.6 Å². The van der Waals surface area contributed by atoms with E-state index in [4.69, 9.17) is 5.73 Å². The lowest BCUT2D eigenvalue weighted by atomic mass is 10.1. The number of rotatable bonds is 4. The van der Waals surface area contributed by atoms with Crippen LogP contribution >= 0.6 is 0 Å². The lowest BCUT2D eigenvalue weighted by molar-refractivity contribution is 0.0622. The molecule has 0 bridgehead atoms. The SMILES string of the molecule is Cc1cc(C(=O)N2CCN(CC(C)CN)CC2)ccc1F. The number of nitrogens with zero attached hydrogens (tertiary/aromatic N) is 2. The van der Waals surface area contributed by atoms with Crippen LogP contribution in [0.5, 0.6) is 0 Å². The number of benzene rings is 1. The molecule has 4 nitrogen and oxygen atoms in total. The maximum absolute atomic E-state index is 13.3. The molecule has 0 radical (unpaired) electrons. The molecule has 1 aliphatic rings. The molecule has 1 aromatic rings. The Morgan fingerprint density at radius 2 is 2.00 bits per heavy atom. The van der Waals surface area contributed by atoms with Gasteiger partial charge in [-0.25, -0.2) is 4.39 Å². The number of halogens is 1. The summed E-state index contributed by atoms with van der Waals surface area (Å²) >= 11 is 0. The summed E-state index contributed by atoms with van der Waals surface area (Å²) in [5.74, 6) is 0.198. The van der Waals surface area contributed by atoms with E-state index < -0.39 is 0 Å². The average Bonchev–Trinajstić information content (AvgIpc) is 2.50. The smallest absolute Gasteiger partial charge is 0.253 e. The number of carbonyl (C=O) groups excluding carboxylic acids is 1. The number of hydrogen-bond donors (Lipinski definition) is 1. The molecular weight excluding hydrogens is 269 g/mol. The molecule has 0 aromatic heterocycles. The summed E-state index contributed by atoms with van der Waals surface area (Å²) in [6.45, 7) is 8.66. The maximum Gasteiger partial charge on any atom is 0.253 e. The first-order valence-electron chi connectivity index (χ1n) is 7.49. The van der Waals surface area contributed by atoms with Crippen LogP contribution in [0.1, 0.15) is 22.8 Å². The summed E-state index contributed by atoms with van der Waals surface area (Å²) in [6, 6.07) is 4.55. The Kier molecular flexibility index (Phi) is 5.31. The second-order valence-corrected chi connectivity index (χ2v) is 5.90. The van der Waals surface area contributed by atoms with E-state index in [-0.39, 0.29) is 11.7 Å². The largest absolute Gasteiger partial charge is 0.336 e. The van der Waals surface area contributed by atoms with E-state index in [2.05, 4.69) is 11.8 Å². The van der Waals surface area contributed by atoms with E-state index in [1.54, 1.807) is 19.1 Å². The summed E-state index contributed by atoms with van der Waals surface area (Å²) in [6.07, 6.45) is 0. The number of piperazine rings is 1. The van der Waals surface area contributed by atoms with E-state index in [1.165, 1.54) is 6.07 Å². The molecule has 2 rings (SSSR count). The third-order valence-electron chi connectivity index (χ3n) is 4.04. The topological polar surface area (TPSA) is 49.6 Å². The molecule has 1 heterocycles. The lowest BCUT2D eigenvalue weighted by Gasteiger charge is -2.35. The fourth-order valence-electron chi connectivity index (χ4n) is 2.61. The van der Waals surface area contributed by atoms with Gasteiger partial charge in [0.25, 0.3) is 5.91 Å². The molecule has 116 valence electrons. The van der Waals surface area contributed by atoms with Crippen LogP contribution in [0.4, 0.5) is 4.39 Å². The predicted molar refractivity (Wildman–Crippen MR) is 81.7 cm³/mol. The Labute approximate surface area is 125 Å². The highest BCUT2D eigenvalue weighted by atomic mass is 19.1. The Hall–Kier alpha value is -1.46. The zero-order valence-corrected chi connectivity index (χ0v) is 12.8. The molecule has 5 heteroatoms. The van der Waals surface area contributed by atoms with Gasteiger partial charge in [0.2, 0.25) is 0 Å². The van der Waals surface area contributed by atoms with Crippen molar-refractivity contribution in [3.63, 3.8) is 0 Å². The quantitative estimate of drug-likeness (QED) is 0.915. The number of nitrogens with two attached hydrogens (primary N) is 1. The van der Waals surface area contributed by atoms with Crippen molar-refractivity contribution in [2.75, 3.05) is 39.3 Å². The van der Waals surface area contributed by atoms with Gasteiger partial charge in [0.1, 0.15) is 5.82 Å². The Morgan fingerprint density at radius 3 is 2.57 bits per heavy atom. The van der Waals surface area contributed by atoms with Crippen molar-refractivity contribution in [2.45, 2.75) is 13.8 Å². The molecule has 0 aliphatic carbocycles. The van der Waals surface area contributed by atoms with Gasteiger partial charge in [-0.3, -0.25) is 9.69 Å². The fourth-order valence-corrected chi connectivity index (χ4v) is 2.61. The van der Waals surface area contributed by atoms with Crippen molar-refractivity contribution in [2.24, 2.45) is 11.7 Å². The zero-order chi connectivity index (χ0) is 15.4. The van der Waals surface area contributed by atoms with Crippen molar-refractivity contribution in [1.29, 1.82) is 0 Å². The normalized spacial score (nSPS) is 17.8. The van der Waals surface area contributed by atoms with Crippen molar-refractivity contribution < 1.29 is 9.18 Å². The summed E-state index contributed by atoms with van der Waals surface area (Å²) in [5.41, 5.74) is 6.72. The monoisotopic (exact) mass is 293 g/mol. The van der Waals surface area contributed by atoms with Gasteiger partial charge in [-0.05, 0) is 43.1 Å². The first-order valence-corrected chi connectivity index (χ1v) is 7.49. The molecule has 2 N–H and O–H groups in total. The van der Waals surface area contributed by atoms with Gasteiger partial charge in [0.05, 0.1) is 0 Å². The predicted octanol–water partition coefficient (Wildman–Crippen LogP) is 1.49. The Balaban J connectivity index is 1.92. The van der Waals surface area contributed by atoms with Gasteiger partial charge in [-0.1, -0.05) is 6.92 Å². The molecule has 0 spiro atoms. The summed E-state index contributed by atoms with van der Waals surface area (Å²) in [7, 11) is 0. The highest BCUT2D eigenvalue weighted by molar-refractivity contribution is 5.94. The Morgan fingerprint density at radius 1 is 1.33 bits per heavy atom. The molecule has 0 saturated carbocycles. The minimum Gasteiger partial charge on any atom is -0.336 e. The average molecular weight is 293 g/mol. The molecule has 1 aromatic carbocycles. The van der Waals surface area contributed by atoms with Gasteiger partial charge in [-0.2, -0.15) is 0 Å². The number of amides is 1. The van der Waals surface area contributed by atoms with Gasteiger partial charge in [0, 0.05) is 38.3 Å². The highest BCUT2D eigenvalue weighted by Gasteiger charge is 2.23. The van der Waals surface area contributed by atoms with E-state index in [0.29, 0.717) is 36.7 Å². The second kappa shape index (κ2) is 7.00. The van der Waals surface area contributed by atoms with Crippen LogP contribution < -0.4 is 5.73 Å². The maximum atomic E-state index is 13.3. The molecule has 21 heavy (non-hydrogen) atoms. The fraction of sp³-hybridized carbons (Fsp3) is 0.562. The van der Waals surface area contributed by atoms with Crippen molar-refractivity contribution in [1.82, 2.24) is 9.80 Å². The van der Waals surface area contributed by atoms with Crippen LogP contribution in [0.3, 0.4) is 0 Å². The molecule has 1 atom stereocenters. The summed E-state index contributed by atoms with van der Waals surface area (Å²) in [5, 5.41) is 0. The van der Waals surface area contributed by atoms with E-state index >= 15 is 0 Å². The van der Waals surface area contributed by atoms with Crippen LogP contribution in [0.25, 0.3) is 0 Å². The van der Waals surface area contributed by atoms with Crippen LogP contribution in [-0.4, -0.2) is 55.0 Å². The molecule has 1 fully saturated rings. The Bertz CT molecular complexity index is 498. The van der Waals surface area contributed by atoms with Crippen molar-refractivity contribution >= 4 is 5.91 Å². The van der Waals surface area contributed by atoms with Crippen molar-refractivity contribution in [3.8, 4) is 0 Å². The molecular formula is C16H24FN3O.